The van der Waals surface area contributed by atoms with E-state index in [0.717, 1.165) is 44.4 Å². The van der Waals surface area contributed by atoms with E-state index < -0.39 is 0 Å². The number of unbranched alkanes of at least 4 members (excludes halogenated alkanes) is 1. The summed E-state index contributed by atoms with van der Waals surface area (Å²) >= 11 is 0. The lowest BCUT2D eigenvalue weighted by Crippen LogP contribution is -2.50. The Morgan fingerprint density at radius 3 is 2.58 bits per heavy atom. The second kappa shape index (κ2) is 10.6. The zero-order valence-electron chi connectivity index (χ0n) is 16.2. The van der Waals surface area contributed by atoms with Crippen molar-refractivity contribution in [1.82, 2.24) is 25.1 Å². The van der Waals surface area contributed by atoms with E-state index in [9.17, 15) is 4.79 Å². The highest BCUT2D eigenvalue weighted by molar-refractivity contribution is 5.81. The molecule has 1 amide bonds. The molecule has 1 aliphatic heterocycles. The standard InChI is InChI=1S/C18H31N7O/c1-4-5-11-23(3)17(19-2)22-10-7-16(26)24-12-14-25(15-13-24)18-20-8-6-9-21-18/h6,8-9H,4-5,7,10-15H2,1-3H3,(H,19,22). The molecule has 1 aliphatic rings. The van der Waals surface area contributed by atoms with Crippen molar-refractivity contribution in [3.63, 3.8) is 0 Å². The molecular weight excluding hydrogens is 330 g/mol. The lowest BCUT2D eigenvalue weighted by atomic mass is 10.3. The second-order valence-electron chi connectivity index (χ2n) is 6.42. The van der Waals surface area contributed by atoms with Gasteiger partial charge in [0, 0.05) is 72.2 Å². The Bertz CT molecular complexity index is 570. The van der Waals surface area contributed by atoms with Crippen molar-refractivity contribution in [1.29, 1.82) is 0 Å². The Labute approximate surface area is 156 Å². The van der Waals surface area contributed by atoms with Crippen molar-refractivity contribution in [3.8, 4) is 0 Å². The zero-order chi connectivity index (χ0) is 18.8. The third-order valence-electron chi connectivity index (χ3n) is 4.51. The molecule has 0 radical (unpaired) electrons. The van der Waals surface area contributed by atoms with Crippen LogP contribution in [0.3, 0.4) is 0 Å². The largest absolute Gasteiger partial charge is 0.356 e. The molecule has 2 rings (SSSR count). The van der Waals surface area contributed by atoms with Crippen molar-refractivity contribution in [3.05, 3.63) is 18.5 Å². The summed E-state index contributed by atoms with van der Waals surface area (Å²) in [6.45, 7) is 6.70. The first-order valence-corrected chi connectivity index (χ1v) is 9.37. The van der Waals surface area contributed by atoms with Gasteiger partial charge in [0.2, 0.25) is 11.9 Å². The number of aliphatic imine (C=N–C) groups is 1. The van der Waals surface area contributed by atoms with Crippen LogP contribution in [0.1, 0.15) is 26.2 Å². The molecule has 1 N–H and O–H groups in total. The molecule has 0 atom stereocenters. The first-order valence-electron chi connectivity index (χ1n) is 9.37. The van der Waals surface area contributed by atoms with Crippen molar-refractivity contribution in [2.75, 3.05) is 58.3 Å². The first-order chi connectivity index (χ1) is 12.7. The number of hydrogen-bond donors (Lipinski definition) is 1. The van der Waals surface area contributed by atoms with Crippen LogP contribution < -0.4 is 10.2 Å². The van der Waals surface area contributed by atoms with Gasteiger partial charge in [-0.05, 0) is 12.5 Å². The van der Waals surface area contributed by atoms with Gasteiger partial charge in [-0.2, -0.15) is 0 Å². The molecule has 144 valence electrons. The average Bonchev–Trinajstić information content (AvgIpc) is 2.70. The van der Waals surface area contributed by atoms with Gasteiger partial charge in [-0.15, -0.1) is 0 Å². The van der Waals surface area contributed by atoms with Crippen LogP contribution in [0, 0.1) is 0 Å². The molecule has 0 unspecified atom stereocenters. The molecular formula is C18H31N7O. The van der Waals surface area contributed by atoms with Gasteiger partial charge in [0.15, 0.2) is 5.96 Å². The maximum atomic E-state index is 12.4. The van der Waals surface area contributed by atoms with Gasteiger partial charge in [0.1, 0.15) is 0 Å². The van der Waals surface area contributed by atoms with Crippen LogP contribution in [0.25, 0.3) is 0 Å². The second-order valence-corrected chi connectivity index (χ2v) is 6.42. The fraction of sp³-hybridized carbons (Fsp3) is 0.667. The number of nitrogens with one attached hydrogen (secondary N) is 1. The summed E-state index contributed by atoms with van der Waals surface area (Å²) in [5.74, 6) is 1.76. The molecule has 0 spiro atoms. The molecule has 1 aromatic heterocycles. The molecule has 26 heavy (non-hydrogen) atoms. The average molecular weight is 361 g/mol. The van der Waals surface area contributed by atoms with Gasteiger partial charge in [-0.1, -0.05) is 13.3 Å². The van der Waals surface area contributed by atoms with Gasteiger partial charge in [0.25, 0.3) is 0 Å². The summed E-state index contributed by atoms with van der Waals surface area (Å²) in [4.78, 5) is 31.4. The quantitative estimate of drug-likeness (QED) is 0.572. The molecule has 1 aromatic rings. The minimum atomic E-state index is 0.179. The van der Waals surface area contributed by atoms with Crippen LogP contribution in [-0.2, 0) is 4.79 Å². The third-order valence-corrected chi connectivity index (χ3v) is 4.51. The van der Waals surface area contributed by atoms with E-state index in [1.807, 2.05) is 18.0 Å². The Morgan fingerprint density at radius 2 is 1.96 bits per heavy atom. The van der Waals surface area contributed by atoms with Crippen LogP contribution in [0.15, 0.2) is 23.5 Å². The van der Waals surface area contributed by atoms with E-state index in [4.69, 9.17) is 0 Å². The molecule has 1 saturated heterocycles. The summed E-state index contributed by atoms with van der Waals surface area (Å²) in [5, 5.41) is 3.28. The van der Waals surface area contributed by atoms with E-state index in [-0.39, 0.29) is 5.91 Å². The van der Waals surface area contributed by atoms with Gasteiger partial charge in [-0.3, -0.25) is 9.79 Å². The lowest BCUT2D eigenvalue weighted by Gasteiger charge is -2.34. The number of guanidine groups is 1. The fourth-order valence-corrected chi connectivity index (χ4v) is 2.94. The molecule has 8 heteroatoms. The molecule has 0 aromatic carbocycles. The molecule has 2 heterocycles. The van der Waals surface area contributed by atoms with E-state index in [2.05, 4.69) is 37.0 Å². The van der Waals surface area contributed by atoms with Crippen LogP contribution in [-0.4, -0.2) is 85.0 Å². The molecule has 8 nitrogen and oxygen atoms in total. The topological polar surface area (TPSA) is 77.0 Å². The predicted molar refractivity (Wildman–Crippen MR) is 104 cm³/mol. The highest BCUT2D eigenvalue weighted by atomic mass is 16.2. The summed E-state index contributed by atoms with van der Waals surface area (Å²) < 4.78 is 0. The van der Waals surface area contributed by atoms with E-state index in [0.29, 0.717) is 26.1 Å². The highest BCUT2D eigenvalue weighted by Crippen LogP contribution is 2.10. The zero-order valence-corrected chi connectivity index (χ0v) is 16.2. The number of piperazine rings is 1. The number of rotatable bonds is 7. The molecule has 0 bridgehead atoms. The SMILES string of the molecule is CCCCN(C)C(=NC)NCCC(=O)N1CCN(c2ncccn2)CC1. The number of carbonyl (C=O) groups is 1. The van der Waals surface area contributed by atoms with Crippen molar-refractivity contribution < 1.29 is 4.79 Å². The Hall–Kier alpha value is -2.38. The summed E-state index contributed by atoms with van der Waals surface area (Å²) in [7, 11) is 3.80. The molecule has 0 aliphatic carbocycles. The molecule has 0 saturated carbocycles. The summed E-state index contributed by atoms with van der Waals surface area (Å²) in [6, 6.07) is 1.81. The van der Waals surface area contributed by atoms with Crippen molar-refractivity contribution in [2.45, 2.75) is 26.2 Å². The van der Waals surface area contributed by atoms with Gasteiger partial charge in [0.05, 0.1) is 0 Å². The van der Waals surface area contributed by atoms with Gasteiger partial charge in [-0.25, -0.2) is 9.97 Å². The Morgan fingerprint density at radius 1 is 1.27 bits per heavy atom. The van der Waals surface area contributed by atoms with Crippen LogP contribution in [0.4, 0.5) is 5.95 Å². The van der Waals surface area contributed by atoms with E-state index >= 15 is 0 Å². The Balaban J connectivity index is 1.70. The van der Waals surface area contributed by atoms with Crippen LogP contribution in [0.5, 0.6) is 0 Å². The normalized spacial score (nSPS) is 15.1. The number of carbonyl (C=O) groups excluding carboxylic acids is 1. The number of aromatic nitrogens is 2. The smallest absolute Gasteiger partial charge is 0.225 e. The summed E-state index contributed by atoms with van der Waals surface area (Å²) in [6.07, 6.45) is 6.25. The summed E-state index contributed by atoms with van der Waals surface area (Å²) in [5.41, 5.74) is 0. The Kier molecular flexibility index (Phi) is 8.11. The van der Waals surface area contributed by atoms with Gasteiger partial charge < -0.3 is 20.0 Å². The fourth-order valence-electron chi connectivity index (χ4n) is 2.94. The maximum Gasteiger partial charge on any atom is 0.225 e. The first kappa shape index (κ1) is 19.9. The van der Waals surface area contributed by atoms with E-state index in [1.165, 1.54) is 0 Å². The van der Waals surface area contributed by atoms with Crippen molar-refractivity contribution >= 4 is 17.8 Å². The maximum absolute atomic E-state index is 12.4. The van der Waals surface area contributed by atoms with Gasteiger partial charge >= 0.3 is 0 Å². The lowest BCUT2D eigenvalue weighted by molar-refractivity contribution is -0.131. The number of anilines is 1. The number of amides is 1. The van der Waals surface area contributed by atoms with Crippen molar-refractivity contribution in [2.24, 2.45) is 4.99 Å². The third kappa shape index (κ3) is 5.86. The minimum absolute atomic E-state index is 0.179. The monoisotopic (exact) mass is 361 g/mol. The van der Waals surface area contributed by atoms with E-state index in [1.54, 1.807) is 19.4 Å². The minimum Gasteiger partial charge on any atom is -0.356 e. The predicted octanol–water partition coefficient (Wildman–Crippen LogP) is 0.823. The van der Waals surface area contributed by atoms with Crippen LogP contribution in [0.2, 0.25) is 0 Å². The number of nitrogens with zero attached hydrogens (tertiary/aromatic N) is 6. The molecule has 1 fully saturated rings. The van der Waals surface area contributed by atoms with Crippen LogP contribution >= 0.6 is 0 Å². The highest BCUT2D eigenvalue weighted by Gasteiger charge is 2.22. The number of hydrogen-bond acceptors (Lipinski definition) is 5.